The molecule has 0 aliphatic rings. The average molecular weight is 405 g/mol. The predicted molar refractivity (Wildman–Crippen MR) is 96.2 cm³/mol. The molecule has 0 heterocycles. The van der Waals surface area contributed by atoms with Crippen LogP contribution in [0.2, 0.25) is 0 Å². The van der Waals surface area contributed by atoms with E-state index >= 15 is 0 Å². The second-order valence-electron chi connectivity index (χ2n) is 4.90. The van der Waals surface area contributed by atoms with E-state index in [1.54, 1.807) is 31.2 Å². The standard InChI is InChI=1S/C16H13BrN4O4/c1-10(11-2-8-14(9-3-11)21(24)25)19-20-16(23)15(22)18-13-6-4-12(17)5-7-13/h2-9H,1H3,(H,18,22)(H,20,23)/b19-10+. The maximum absolute atomic E-state index is 11.8. The largest absolute Gasteiger partial charge is 0.329 e. The number of hydrogen-bond donors (Lipinski definition) is 2. The molecule has 8 nitrogen and oxygen atoms in total. The van der Waals surface area contributed by atoms with E-state index in [1.807, 2.05) is 0 Å². The maximum atomic E-state index is 11.8. The highest BCUT2D eigenvalue weighted by atomic mass is 79.9. The number of amides is 2. The summed E-state index contributed by atoms with van der Waals surface area (Å²) < 4.78 is 0.846. The van der Waals surface area contributed by atoms with Crippen LogP contribution in [0.3, 0.4) is 0 Å². The fourth-order valence-corrected chi connectivity index (χ4v) is 2.06. The smallest absolute Gasteiger partial charge is 0.318 e. The molecular weight excluding hydrogens is 392 g/mol. The number of nitro groups is 1. The van der Waals surface area contributed by atoms with Gasteiger partial charge in [-0.1, -0.05) is 15.9 Å². The van der Waals surface area contributed by atoms with Crippen LogP contribution in [0.4, 0.5) is 11.4 Å². The number of nitrogens with zero attached hydrogens (tertiary/aromatic N) is 2. The first kappa shape index (κ1) is 18.3. The number of benzene rings is 2. The minimum Gasteiger partial charge on any atom is -0.318 e. The van der Waals surface area contributed by atoms with Crippen molar-refractivity contribution in [2.75, 3.05) is 5.32 Å². The van der Waals surface area contributed by atoms with Gasteiger partial charge in [0.15, 0.2) is 0 Å². The van der Waals surface area contributed by atoms with Crippen molar-refractivity contribution in [3.63, 3.8) is 0 Å². The lowest BCUT2D eigenvalue weighted by atomic mass is 10.1. The van der Waals surface area contributed by atoms with Crippen LogP contribution >= 0.6 is 15.9 Å². The average Bonchev–Trinajstić information content (AvgIpc) is 2.61. The Kier molecular flexibility index (Phi) is 5.96. The Labute approximate surface area is 151 Å². The molecule has 2 aromatic rings. The molecule has 0 spiro atoms. The Bertz CT molecular complexity index is 832. The number of rotatable bonds is 4. The van der Waals surface area contributed by atoms with Crippen molar-refractivity contribution in [1.82, 2.24) is 5.43 Å². The Morgan fingerprint density at radius 2 is 1.64 bits per heavy atom. The molecule has 0 fully saturated rings. The van der Waals surface area contributed by atoms with Crippen LogP contribution in [0.5, 0.6) is 0 Å². The summed E-state index contributed by atoms with van der Waals surface area (Å²) in [4.78, 5) is 33.7. The van der Waals surface area contributed by atoms with Crippen LogP contribution in [-0.2, 0) is 9.59 Å². The minimum absolute atomic E-state index is 0.0468. The summed E-state index contributed by atoms with van der Waals surface area (Å²) in [5, 5.41) is 16.9. The van der Waals surface area contributed by atoms with Crippen LogP contribution in [-0.4, -0.2) is 22.4 Å². The van der Waals surface area contributed by atoms with E-state index in [1.165, 1.54) is 24.3 Å². The van der Waals surface area contributed by atoms with E-state index in [0.717, 1.165) is 4.47 Å². The first-order chi connectivity index (χ1) is 11.9. The van der Waals surface area contributed by atoms with Crippen LogP contribution in [0.25, 0.3) is 0 Å². The Hall–Kier alpha value is -3.07. The molecule has 2 amide bonds. The third-order valence-corrected chi connectivity index (χ3v) is 3.66. The number of carbonyl (C=O) groups excluding carboxylic acids is 2. The molecule has 0 aliphatic heterocycles. The molecule has 0 radical (unpaired) electrons. The summed E-state index contributed by atoms with van der Waals surface area (Å²) in [5.74, 6) is -1.79. The molecule has 2 aromatic carbocycles. The number of nitrogens with one attached hydrogen (secondary N) is 2. The Morgan fingerprint density at radius 3 is 2.20 bits per heavy atom. The van der Waals surface area contributed by atoms with Gasteiger partial charge in [-0.25, -0.2) is 5.43 Å². The molecule has 0 unspecified atom stereocenters. The summed E-state index contributed by atoms with van der Waals surface area (Å²) in [6.45, 7) is 1.61. The second-order valence-corrected chi connectivity index (χ2v) is 5.82. The van der Waals surface area contributed by atoms with Gasteiger partial charge in [-0.3, -0.25) is 19.7 Å². The quantitative estimate of drug-likeness (QED) is 0.352. The molecule has 128 valence electrons. The predicted octanol–water partition coefficient (Wildman–Crippen LogP) is 2.84. The number of halogens is 1. The van der Waals surface area contributed by atoms with E-state index < -0.39 is 16.7 Å². The van der Waals surface area contributed by atoms with Gasteiger partial charge in [0.05, 0.1) is 10.6 Å². The monoisotopic (exact) mass is 404 g/mol. The van der Waals surface area contributed by atoms with Crippen molar-refractivity contribution in [3.05, 3.63) is 68.7 Å². The molecule has 0 saturated carbocycles. The van der Waals surface area contributed by atoms with Gasteiger partial charge < -0.3 is 5.32 Å². The second kappa shape index (κ2) is 8.15. The number of nitro benzene ring substituents is 1. The number of hydrogen-bond acceptors (Lipinski definition) is 5. The Balaban J connectivity index is 1.96. The summed E-state index contributed by atoms with van der Waals surface area (Å²) in [6.07, 6.45) is 0. The summed E-state index contributed by atoms with van der Waals surface area (Å²) >= 11 is 3.27. The summed E-state index contributed by atoms with van der Waals surface area (Å²) in [7, 11) is 0. The van der Waals surface area contributed by atoms with Crippen molar-refractivity contribution < 1.29 is 14.5 Å². The number of hydrazone groups is 1. The van der Waals surface area contributed by atoms with Gasteiger partial charge >= 0.3 is 11.8 Å². The topological polar surface area (TPSA) is 114 Å². The number of non-ortho nitro benzene ring substituents is 1. The van der Waals surface area contributed by atoms with Gasteiger partial charge in [0.1, 0.15) is 0 Å². The maximum Gasteiger partial charge on any atom is 0.329 e. The van der Waals surface area contributed by atoms with E-state index in [-0.39, 0.29) is 5.69 Å². The Morgan fingerprint density at radius 1 is 1.04 bits per heavy atom. The summed E-state index contributed by atoms with van der Waals surface area (Å²) in [5.41, 5.74) is 3.55. The normalized spacial score (nSPS) is 10.9. The van der Waals surface area contributed by atoms with Crippen molar-refractivity contribution in [2.45, 2.75) is 6.92 Å². The molecule has 0 bridgehead atoms. The van der Waals surface area contributed by atoms with Gasteiger partial charge in [0, 0.05) is 22.3 Å². The van der Waals surface area contributed by atoms with Crippen molar-refractivity contribution in [3.8, 4) is 0 Å². The van der Waals surface area contributed by atoms with Crippen LogP contribution in [0, 0.1) is 10.1 Å². The molecule has 0 saturated heterocycles. The zero-order valence-corrected chi connectivity index (χ0v) is 14.6. The van der Waals surface area contributed by atoms with Crippen molar-refractivity contribution in [1.29, 1.82) is 0 Å². The van der Waals surface area contributed by atoms with Crippen LogP contribution in [0.1, 0.15) is 12.5 Å². The van der Waals surface area contributed by atoms with E-state index in [0.29, 0.717) is 17.0 Å². The van der Waals surface area contributed by atoms with Crippen LogP contribution in [0.15, 0.2) is 58.1 Å². The van der Waals surface area contributed by atoms with E-state index in [2.05, 4.69) is 31.8 Å². The first-order valence-corrected chi connectivity index (χ1v) is 7.82. The van der Waals surface area contributed by atoms with Gasteiger partial charge in [-0.05, 0) is 48.9 Å². The highest BCUT2D eigenvalue weighted by molar-refractivity contribution is 9.10. The lowest BCUT2D eigenvalue weighted by Gasteiger charge is -2.05. The molecule has 2 rings (SSSR count). The zero-order valence-electron chi connectivity index (χ0n) is 13.0. The number of carbonyl (C=O) groups is 2. The molecule has 25 heavy (non-hydrogen) atoms. The lowest BCUT2D eigenvalue weighted by molar-refractivity contribution is -0.384. The van der Waals surface area contributed by atoms with Gasteiger partial charge in [-0.2, -0.15) is 5.10 Å². The van der Waals surface area contributed by atoms with Gasteiger partial charge in [-0.15, -0.1) is 0 Å². The summed E-state index contributed by atoms with van der Waals surface area (Å²) in [6, 6.07) is 12.4. The molecule has 0 aliphatic carbocycles. The van der Waals surface area contributed by atoms with E-state index in [9.17, 15) is 19.7 Å². The fraction of sp³-hybridized carbons (Fsp3) is 0.0625. The third-order valence-electron chi connectivity index (χ3n) is 3.13. The first-order valence-electron chi connectivity index (χ1n) is 7.03. The molecule has 2 N–H and O–H groups in total. The molecule has 0 aromatic heterocycles. The molecular formula is C16H13BrN4O4. The fourth-order valence-electron chi connectivity index (χ4n) is 1.80. The lowest BCUT2D eigenvalue weighted by Crippen LogP contribution is -2.32. The number of anilines is 1. The van der Waals surface area contributed by atoms with Crippen LogP contribution < -0.4 is 10.7 Å². The molecule has 9 heteroatoms. The highest BCUT2D eigenvalue weighted by Crippen LogP contribution is 2.14. The van der Waals surface area contributed by atoms with Crippen molar-refractivity contribution >= 4 is 44.8 Å². The minimum atomic E-state index is -0.927. The van der Waals surface area contributed by atoms with Gasteiger partial charge in [0.2, 0.25) is 0 Å². The van der Waals surface area contributed by atoms with Crippen molar-refractivity contribution in [2.24, 2.45) is 5.10 Å². The van der Waals surface area contributed by atoms with Gasteiger partial charge in [0.25, 0.3) is 5.69 Å². The molecule has 0 atom stereocenters. The SMILES string of the molecule is C/C(=N\NC(=O)C(=O)Nc1ccc(Br)cc1)c1ccc([N+](=O)[O-])cc1. The zero-order chi connectivity index (χ0) is 18.4. The highest BCUT2D eigenvalue weighted by Gasteiger charge is 2.13. The third kappa shape index (κ3) is 5.21. The van der Waals surface area contributed by atoms with E-state index in [4.69, 9.17) is 0 Å².